The molecule has 2 aromatic heterocycles. The van der Waals surface area contributed by atoms with Crippen LogP contribution in [-0.4, -0.2) is 21.9 Å². The molecule has 0 saturated heterocycles. The van der Waals surface area contributed by atoms with Crippen molar-refractivity contribution >= 4 is 17.2 Å². The summed E-state index contributed by atoms with van der Waals surface area (Å²) in [5.41, 5.74) is -0.669. The number of thiazole rings is 1. The predicted octanol–water partition coefficient (Wildman–Crippen LogP) is 2.82. The SMILES string of the molecule is C=C[C@H](C)NC(=O)c1ccc(-c2cnc(C(F)(F)F)s2)[nH]c1=O. The Kier molecular flexibility index (Phi) is 4.69. The zero-order valence-corrected chi connectivity index (χ0v) is 12.7. The molecule has 5 nitrogen and oxygen atoms in total. The summed E-state index contributed by atoms with van der Waals surface area (Å²) in [6.07, 6.45) is -2.02. The predicted molar refractivity (Wildman–Crippen MR) is 80.3 cm³/mol. The van der Waals surface area contributed by atoms with E-state index in [1.165, 1.54) is 18.2 Å². The molecule has 1 atom stereocenters. The molecule has 0 aliphatic heterocycles. The number of aromatic amines is 1. The number of hydrogen-bond donors (Lipinski definition) is 2. The number of rotatable bonds is 4. The normalized spacial score (nSPS) is 12.7. The van der Waals surface area contributed by atoms with Gasteiger partial charge in [0.2, 0.25) is 0 Å². The third-order valence-electron chi connectivity index (χ3n) is 2.88. The van der Waals surface area contributed by atoms with Crippen LogP contribution < -0.4 is 10.9 Å². The van der Waals surface area contributed by atoms with Crippen molar-refractivity contribution in [3.8, 4) is 10.6 Å². The van der Waals surface area contributed by atoms with Gasteiger partial charge in [-0.1, -0.05) is 6.08 Å². The molecule has 0 aromatic carbocycles. The second-order valence-corrected chi connectivity index (χ2v) is 5.67. The quantitative estimate of drug-likeness (QED) is 0.838. The fourth-order valence-electron chi connectivity index (χ4n) is 1.67. The van der Waals surface area contributed by atoms with E-state index in [2.05, 4.69) is 21.9 Å². The van der Waals surface area contributed by atoms with Crippen molar-refractivity contribution in [3.63, 3.8) is 0 Å². The largest absolute Gasteiger partial charge is 0.443 e. The van der Waals surface area contributed by atoms with E-state index in [1.807, 2.05) is 0 Å². The molecule has 0 bridgehead atoms. The maximum absolute atomic E-state index is 12.5. The summed E-state index contributed by atoms with van der Waals surface area (Å²) in [4.78, 5) is 29.7. The minimum Gasteiger partial charge on any atom is -0.346 e. The monoisotopic (exact) mass is 343 g/mol. The number of amides is 1. The maximum Gasteiger partial charge on any atom is 0.443 e. The number of carbonyl (C=O) groups excluding carboxylic acids is 1. The Morgan fingerprint density at radius 3 is 2.70 bits per heavy atom. The van der Waals surface area contributed by atoms with Crippen LogP contribution in [0.4, 0.5) is 13.2 Å². The molecule has 2 heterocycles. The lowest BCUT2D eigenvalue weighted by Crippen LogP contribution is -2.34. The number of pyridine rings is 1. The van der Waals surface area contributed by atoms with Gasteiger partial charge in [0, 0.05) is 12.2 Å². The van der Waals surface area contributed by atoms with E-state index in [1.54, 1.807) is 6.92 Å². The van der Waals surface area contributed by atoms with Crippen LogP contribution in [0.3, 0.4) is 0 Å². The molecule has 2 rings (SSSR count). The van der Waals surface area contributed by atoms with Crippen molar-refractivity contribution in [3.05, 3.63) is 51.9 Å². The Morgan fingerprint density at radius 2 is 2.17 bits per heavy atom. The van der Waals surface area contributed by atoms with Crippen LogP contribution in [0.2, 0.25) is 0 Å². The maximum atomic E-state index is 12.5. The van der Waals surface area contributed by atoms with Crippen molar-refractivity contribution in [2.24, 2.45) is 0 Å². The Morgan fingerprint density at radius 1 is 1.48 bits per heavy atom. The smallest absolute Gasteiger partial charge is 0.346 e. The molecule has 1 amide bonds. The molecule has 0 fully saturated rings. The van der Waals surface area contributed by atoms with Crippen molar-refractivity contribution in [2.45, 2.75) is 19.1 Å². The summed E-state index contributed by atoms with van der Waals surface area (Å²) in [5, 5.41) is 1.53. The van der Waals surface area contributed by atoms with Crippen LogP contribution >= 0.6 is 11.3 Å². The van der Waals surface area contributed by atoms with Gasteiger partial charge in [0.05, 0.1) is 10.6 Å². The van der Waals surface area contributed by atoms with Gasteiger partial charge < -0.3 is 10.3 Å². The summed E-state index contributed by atoms with van der Waals surface area (Å²) < 4.78 is 37.6. The average molecular weight is 343 g/mol. The standard InChI is InChI=1S/C14H12F3N3O2S/c1-3-7(2)19-11(21)8-4-5-9(20-12(8)22)10-6-18-13(23-10)14(15,16)17/h3-7H,1H2,2H3,(H,19,21)(H,20,22)/t7-/m0/s1. The van der Waals surface area contributed by atoms with E-state index in [0.29, 0.717) is 11.3 Å². The Bertz CT molecular complexity index is 795. The van der Waals surface area contributed by atoms with E-state index in [4.69, 9.17) is 0 Å². The van der Waals surface area contributed by atoms with E-state index >= 15 is 0 Å². The minimum absolute atomic E-state index is 0.136. The molecule has 9 heteroatoms. The van der Waals surface area contributed by atoms with Gasteiger partial charge >= 0.3 is 6.18 Å². The lowest BCUT2D eigenvalue weighted by Gasteiger charge is -2.08. The van der Waals surface area contributed by atoms with Crippen LogP contribution in [0.25, 0.3) is 10.6 Å². The zero-order valence-electron chi connectivity index (χ0n) is 11.9. The van der Waals surface area contributed by atoms with Crippen LogP contribution in [0, 0.1) is 0 Å². The molecule has 23 heavy (non-hydrogen) atoms. The topological polar surface area (TPSA) is 74.8 Å². The molecule has 0 saturated carbocycles. The summed E-state index contributed by atoms with van der Waals surface area (Å²) >= 11 is 0.410. The van der Waals surface area contributed by atoms with Gasteiger partial charge in [-0.2, -0.15) is 13.2 Å². The van der Waals surface area contributed by atoms with Gasteiger partial charge in [-0.25, -0.2) is 4.98 Å². The number of hydrogen-bond acceptors (Lipinski definition) is 4. The number of carbonyl (C=O) groups is 1. The lowest BCUT2D eigenvalue weighted by atomic mass is 10.2. The first-order chi connectivity index (χ1) is 10.7. The lowest BCUT2D eigenvalue weighted by molar-refractivity contribution is -0.137. The van der Waals surface area contributed by atoms with E-state index in [-0.39, 0.29) is 22.2 Å². The Balaban J connectivity index is 2.29. The second kappa shape index (κ2) is 6.37. The molecular formula is C14H12F3N3O2S. The van der Waals surface area contributed by atoms with Gasteiger partial charge in [-0.05, 0) is 19.1 Å². The molecule has 122 valence electrons. The molecule has 2 N–H and O–H groups in total. The summed E-state index contributed by atoms with van der Waals surface area (Å²) in [6, 6.07) is 2.30. The number of halogens is 3. The minimum atomic E-state index is -4.54. The molecule has 2 aromatic rings. The molecule has 0 spiro atoms. The summed E-state index contributed by atoms with van der Waals surface area (Å²) in [7, 11) is 0. The third-order valence-corrected chi connectivity index (χ3v) is 3.96. The van der Waals surface area contributed by atoms with Gasteiger partial charge in [0.15, 0.2) is 5.01 Å². The number of nitrogens with one attached hydrogen (secondary N) is 2. The molecule has 0 radical (unpaired) electrons. The van der Waals surface area contributed by atoms with Crippen molar-refractivity contribution < 1.29 is 18.0 Å². The highest BCUT2D eigenvalue weighted by atomic mass is 32.1. The van der Waals surface area contributed by atoms with Gasteiger partial charge in [-0.15, -0.1) is 17.9 Å². The highest BCUT2D eigenvalue weighted by Gasteiger charge is 2.34. The summed E-state index contributed by atoms with van der Waals surface area (Å²) in [6.45, 7) is 5.19. The van der Waals surface area contributed by atoms with Crippen LogP contribution in [-0.2, 0) is 6.18 Å². The summed E-state index contributed by atoms with van der Waals surface area (Å²) in [5.74, 6) is -0.592. The Labute approximate surface area is 132 Å². The first-order valence-corrected chi connectivity index (χ1v) is 7.24. The van der Waals surface area contributed by atoms with E-state index in [9.17, 15) is 22.8 Å². The number of alkyl halides is 3. The van der Waals surface area contributed by atoms with Crippen LogP contribution in [0.15, 0.2) is 35.8 Å². The molecular weight excluding hydrogens is 331 g/mol. The van der Waals surface area contributed by atoms with E-state index in [0.717, 1.165) is 6.20 Å². The van der Waals surface area contributed by atoms with Gasteiger partial charge in [-0.3, -0.25) is 9.59 Å². The molecule has 0 aliphatic carbocycles. The Hall–Kier alpha value is -2.42. The number of nitrogens with zero attached hydrogens (tertiary/aromatic N) is 1. The highest BCUT2D eigenvalue weighted by Crippen LogP contribution is 2.35. The third kappa shape index (κ3) is 3.86. The van der Waals surface area contributed by atoms with Gasteiger partial charge in [0.1, 0.15) is 5.56 Å². The first-order valence-electron chi connectivity index (χ1n) is 6.42. The highest BCUT2D eigenvalue weighted by molar-refractivity contribution is 7.15. The zero-order chi connectivity index (χ0) is 17.2. The van der Waals surface area contributed by atoms with Crippen molar-refractivity contribution in [1.29, 1.82) is 0 Å². The van der Waals surface area contributed by atoms with Crippen molar-refractivity contribution in [2.75, 3.05) is 0 Å². The number of aromatic nitrogens is 2. The average Bonchev–Trinajstić information content (AvgIpc) is 2.96. The second-order valence-electron chi connectivity index (χ2n) is 4.64. The van der Waals surface area contributed by atoms with Gasteiger partial charge in [0.25, 0.3) is 11.5 Å². The number of H-pyrrole nitrogens is 1. The van der Waals surface area contributed by atoms with E-state index < -0.39 is 22.7 Å². The van der Waals surface area contributed by atoms with Crippen molar-refractivity contribution in [1.82, 2.24) is 15.3 Å². The fraction of sp³-hybridized carbons (Fsp3) is 0.214. The molecule has 0 aliphatic rings. The first kappa shape index (κ1) is 16.9. The van der Waals surface area contributed by atoms with Crippen LogP contribution in [0.5, 0.6) is 0 Å². The van der Waals surface area contributed by atoms with Crippen LogP contribution in [0.1, 0.15) is 22.3 Å². The molecule has 0 unspecified atom stereocenters. The fourth-order valence-corrected chi connectivity index (χ4v) is 2.43.